The van der Waals surface area contributed by atoms with Gasteiger partial charge in [0.15, 0.2) is 17.3 Å². The molecule has 6 nitrogen and oxygen atoms in total. The lowest BCUT2D eigenvalue weighted by Crippen LogP contribution is -2.25. The van der Waals surface area contributed by atoms with E-state index in [1.807, 2.05) is 13.8 Å². The number of hydrogen-bond acceptors (Lipinski definition) is 6. The average molecular weight is 370 g/mol. The first kappa shape index (κ1) is 20.3. The first-order valence-electron chi connectivity index (χ1n) is 8.48. The number of rotatable bonds is 6. The Morgan fingerprint density at radius 1 is 1.07 bits per heavy atom. The number of phenolic OH excluding ortho intramolecular Hbond substituents is 2. The van der Waals surface area contributed by atoms with Gasteiger partial charge in [-0.25, -0.2) is 0 Å². The van der Waals surface area contributed by atoms with E-state index in [1.54, 1.807) is 13.0 Å². The summed E-state index contributed by atoms with van der Waals surface area (Å²) in [5.41, 5.74) is 0.887. The Kier molecular flexibility index (Phi) is 6.13. The van der Waals surface area contributed by atoms with Crippen molar-refractivity contribution in [1.82, 2.24) is 0 Å². The van der Waals surface area contributed by atoms with Gasteiger partial charge in [0.25, 0.3) is 0 Å². The van der Waals surface area contributed by atoms with E-state index >= 15 is 0 Å². The molecule has 0 aromatic heterocycles. The third-order valence-electron chi connectivity index (χ3n) is 4.13. The highest BCUT2D eigenvalue weighted by molar-refractivity contribution is 6.26. The van der Waals surface area contributed by atoms with Crippen molar-refractivity contribution in [2.75, 3.05) is 0 Å². The fraction of sp³-hybridized carbons (Fsp3) is 0.286. The van der Waals surface area contributed by atoms with E-state index in [4.69, 9.17) is 0 Å². The number of fused-ring (bicyclic) bond motifs is 1. The second-order valence-electron chi connectivity index (χ2n) is 6.81. The second kappa shape index (κ2) is 8.14. The zero-order valence-electron chi connectivity index (χ0n) is 15.4. The van der Waals surface area contributed by atoms with Crippen LogP contribution in [-0.4, -0.2) is 38.8 Å². The van der Waals surface area contributed by atoms with Gasteiger partial charge in [-0.3, -0.25) is 14.4 Å². The molecule has 1 aromatic carbocycles. The van der Waals surface area contributed by atoms with Gasteiger partial charge in [-0.2, -0.15) is 0 Å². The molecule has 1 aromatic rings. The lowest BCUT2D eigenvalue weighted by Gasteiger charge is -2.20. The zero-order valence-corrected chi connectivity index (χ0v) is 15.4. The number of allylic oxidation sites excluding steroid dienone is 4. The summed E-state index contributed by atoms with van der Waals surface area (Å²) in [4.78, 5) is 36.6. The van der Waals surface area contributed by atoms with Crippen molar-refractivity contribution in [1.29, 1.82) is 0 Å². The molecule has 6 heteroatoms. The molecule has 0 bridgehead atoms. The third kappa shape index (κ3) is 4.60. The Morgan fingerprint density at radius 2 is 1.67 bits per heavy atom. The van der Waals surface area contributed by atoms with E-state index in [2.05, 4.69) is 0 Å². The number of aliphatic hydroxyl groups excluding tert-OH is 1. The fourth-order valence-electron chi connectivity index (χ4n) is 2.89. The number of carbonyl (C=O) groups is 3. The minimum absolute atomic E-state index is 0.0354. The van der Waals surface area contributed by atoms with Gasteiger partial charge >= 0.3 is 0 Å². The SMILES string of the molecule is CC(C)=CC(=O)C/C(C)=C/C[C@H](O)C1=CC(=O)c2c(O)ccc(O)c2C1=O. The Morgan fingerprint density at radius 3 is 2.26 bits per heavy atom. The largest absolute Gasteiger partial charge is 0.507 e. The van der Waals surface area contributed by atoms with Crippen LogP contribution in [0.2, 0.25) is 0 Å². The summed E-state index contributed by atoms with van der Waals surface area (Å²) in [5, 5.41) is 30.1. The van der Waals surface area contributed by atoms with Crippen LogP contribution in [0.15, 0.2) is 47.1 Å². The molecule has 0 saturated heterocycles. The highest BCUT2D eigenvalue weighted by Gasteiger charge is 2.33. The summed E-state index contributed by atoms with van der Waals surface area (Å²) in [6.45, 7) is 5.39. The van der Waals surface area contributed by atoms with Gasteiger partial charge in [0.1, 0.15) is 11.5 Å². The van der Waals surface area contributed by atoms with Crippen LogP contribution >= 0.6 is 0 Å². The minimum Gasteiger partial charge on any atom is -0.507 e. The standard InChI is InChI=1S/C21H22O6/c1-11(2)8-13(22)9-12(3)4-5-15(23)14-10-18(26)19-16(24)6-7-17(25)20(19)21(14)27/h4,6-8,10,15,23-25H,5,9H2,1-3H3/b12-4+/t15-/m0/s1. The van der Waals surface area contributed by atoms with Crippen molar-refractivity contribution >= 4 is 17.3 Å². The summed E-state index contributed by atoms with van der Waals surface area (Å²) in [5.74, 6) is -2.27. The van der Waals surface area contributed by atoms with Crippen LogP contribution in [0, 0.1) is 0 Å². The van der Waals surface area contributed by atoms with Gasteiger partial charge < -0.3 is 15.3 Å². The number of benzene rings is 1. The van der Waals surface area contributed by atoms with Gasteiger partial charge in [-0.15, -0.1) is 0 Å². The number of hydrogen-bond donors (Lipinski definition) is 3. The van der Waals surface area contributed by atoms with Gasteiger partial charge in [-0.1, -0.05) is 17.2 Å². The molecule has 0 radical (unpaired) electrons. The molecule has 0 unspecified atom stereocenters. The van der Waals surface area contributed by atoms with Crippen molar-refractivity contribution in [2.24, 2.45) is 0 Å². The predicted molar refractivity (Wildman–Crippen MR) is 100.0 cm³/mol. The zero-order chi connectivity index (χ0) is 20.3. The van der Waals surface area contributed by atoms with E-state index < -0.39 is 29.2 Å². The van der Waals surface area contributed by atoms with Crippen LogP contribution in [-0.2, 0) is 4.79 Å². The summed E-state index contributed by atoms with van der Waals surface area (Å²) >= 11 is 0. The van der Waals surface area contributed by atoms with Crippen LogP contribution in [0.3, 0.4) is 0 Å². The molecule has 0 heterocycles. The Hall–Kier alpha value is -2.99. The monoisotopic (exact) mass is 370 g/mol. The number of phenols is 2. The van der Waals surface area contributed by atoms with E-state index in [-0.39, 0.29) is 35.3 Å². The molecule has 1 aliphatic rings. The van der Waals surface area contributed by atoms with Gasteiger partial charge in [0.05, 0.1) is 17.2 Å². The molecule has 0 aliphatic heterocycles. The van der Waals surface area contributed by atoms with Crippen LogP contribution in [0.4, 0.5) is 0 Å². The maximum Gasteiger partial charge on any atom is 0.196 e. The summed E-state index contributed by atoms with van der Waals surface area (Å²) in [6, 6.07) is 2.25. The molecule has 0 spiro atoms. The van der Waals surface area contributed by atoms with E-state index in [9.17, 15) is 29.7 Å². The molecule has 3 N–H and O–H groups in total. The minimum atomic E-state index is -1.27. The van der Waals surface area contributed by atoms with Gasteiger partial charge in [0.2, 0.25) is 0 Å². The third-order valence-corrected chi connectivity index (χ3v) is 4.13. The van der Waals surface area contributed by atoms with Crippen molar-refractivity contribution < 1.29 is 29.7 Å². The first-order valence-corrected chi connectivity index (χ1v) is 8.48. The Balaban J connectivity index is 2.19. The molecule has 0 saturated carbocycles. The van der Waals surface area contributed by atoms with Gasteiger partial charge in [-0.05, 0) is 51.5 Å². The highest BCUT2D eigenvalue weighted by atomic mass is 16.3. The summed E-state index contributed by atoms with van der Waals surface area (Å²) in [6.07, 6.45) is 3.11. The lowest BCUT2D eigenvalue weighted by atomic mass is 9.85. The maximum absolute atomic E-state index is 12.6. The van der Waals surface area contributed by atoms with Crippen LogP contribution in [0.25, 0.3) is 0 Å². The number of aliphatic hydroxyl groups is 1. The molecular weight excluding hydrogens is 348 g/mol. The summed E-state index contributed by atoms with van der Waals surface area (Å²) in [7, 11) is 0. The quantitative estimate of drug-likeness (QED) is 0.403. The molecule has 1 aliphatic carbocycles. The molecular formula is C21H22O6. The van der Waals surface area contributed by atoms with E-state index in [0.29, 0.717) is 0 Å². The highest BCUT2D eigenvalue weighted by Crippen LogP contribution is 2.35. The number of carbonyl (C=O) groups excluding carboxylic acids is 3. The van der Waals surface area contributed by atoms with Gasteiger partial charge in [0, 0.05) is 12.0 Å². The lowest BCUT2D eigenvalue weighted by molar-refractivity contribution is -0.114. The smallest absolute Gasteiger partial charge is 0.196 e. The Bertz CT molecular complexity index is 897. The van der Waals surface area contributed by atoms with Crippen molar-refractivity contribution in [3.63, 3.8) is 0 Å². The predicted octanol–water partition coefficient (Wildman–Crippen LogP) is 3.03. The van der Waals surface area contributed by atoms with Crippen molar-refractivity contribution in [3.05, 3.63) is 58.2 Å². The van der Waals surface area contributed by atoms with E-state index in [1.165, 1.54) is 6.08 Å². The summed E-state index contributed by atoms with van der Waals surface area (Å²) < 4.78 is 0. The van der Waals surface area contributed by atoms with Crippen molar-refractivity contribution in [3.8, 4) is 11.5 Å². The topological polar surface area (TPSA) is 112 Å². The molecule has 27 heavy (non-hydrogen) atoms. The fourth-order valence-corrected chi connectivity index (χ4v) is 2.89. The molecule has 1 atom stereocenters. The molecule has 0 fully saturated rings. The second-order valence-corrected chi connectivity index (χ2v) is 6.81. The van der Waals surface area contributed by atoms with Crippen LogP contribution < -0.4 is 0 Å². The number of Topliss-reactive ketones (excluding diaryl/α,β-unsaturated/α-hetero) is 1. The number of aromatic hydroxyl groups is 2. The first-order chi connectivity index (χ1) is 12.6. The number of ketones is 3. The molecule has 2 rings (SSSR count). The maximum atomic E-state index is 12.6. The Labute approximate surface area is 157 Å². The van der Waals surface area contributed by atoms with Crippen LogP contribution in [0.5, 0.6) is 11.5 Å². The van der Waals surface area contributed by atoms with Crippen molar-refractivity contribution in [2.45, 2.75) is 39.7 Å². The normalized spacial score (nSPS) is 15.1. The molecule has 0 amide bonds. The van der Waals surface area contributed by atoms with Crippen LogP contribution in [0.1, 0.15) is 54.3 Å². The molecule has 142 valence electrons. The van der Waals surface area contributed by atoms with E-state index in [0.717, 1.165) is 29.4 Å². The average Bonchev–Trinajstić information content (AvgIpc) is 2.57.